The van der Waals surface area contributed by atoms with Crippen molar-refractivity contribution >= 4 is 23.2 Å². The molecule has 1 aliphatic heterocycles. The Morgan fingerprint density at radius 1 is 0.970 bits per heavy atom. The van der Waals surface area contributed by atoms with Gasteiger partial charge in [0.2, 0.25) is 0 Å². The molecule has 0 spiro atoms. The van der Waals surface area contributed by atoms with Crippen molar-refractivity contribution in [2.45, 2.75) is 6.42 Å². The minimum atomic E-state index is -0.525. The minimum Gasteiger partial charge on any atom is -0.483 e. The molecule has 1 aliphatic rings. The van der Waals surface area contributed by atoms with Gasteiger partial charge in [0, 0.05) is 25.3 Å². The topological polar surface area (TPSA) is 70.7 Å². The predicted octanol–water partition coefficient (Wildman–Crippen LogP) is 4.10. The first-order valence-corrected chi connectivity index (χ1v) is 10.9. The lowest BCUT2D eigenvalue weighted by molar-refractivity contribution is -0.118. The van der Waals surface area contributed by atoms with Gasteiger partial charge >= 0.3 is 0 Å². The van der Waals surface area contributed by atoms with Crippen molar-refractivity contribution in [2.24, 2.45) is 5.92 Å². The standard InChI is InChI=1S/C26H26FN3O3/c27-22-11-5-6-12-23(22)29-25(31)18-33-24-13-7-4-10-21(24)26(32)28-16-19-14-15-30(17-19)20-8-2-1-3-9-20/h1-13,19H,14-18H2,(H,28,32)(H,29,31). The molecule has 170 valence electrons. The Hall–Kier alpha value is -3.87. The molecule has 3 aromatic rings. The maximum atomic E-state index is 13.7. The van der Waals surface area contributed by atoms with Gasteiger partial charge in [0.15, 0.2) is 6.61 Å². The van der Waals surface area contributed by atoms with Gasteiger partial charge in [0.25, 0.3) is 11.8 Å². The number of nitrogens with one attached hydrogen (secondary N) is 2. The predicted molar refractivity (Wildman–Crippen MR) is 126 cm³/mol. The van der Waals surface area contributed by atoms with Crippen LogP contribution in [0, 0.1) is 11.7 Å². The molecule has 2 amide bonds. The molecule has 0 aromatic heterocycles. The Morgan fingerprint density at radius 3 is 2.52 bits per heavy atom. The second-order valence-corrected chi connectivity index (χ2v) is 7.96. The third-order valence-electron chi connectivity index (χ3n) is 5.60. The zero-order valence-electron chi connectivity index (χ0n) is 18.2. The highest BCUT2D eigenvalue weighted by Crippen LogP contribution is 2.23. The Morgan fingerprint density at radius 2 is 1.70 bits per heavy atom. The van der Waals surface area contributed by atoms with E-state index in [1.165, 1.54) is 17.8 Å². The van der Waals surface area contributed by atoms with Gasteiger partial charge in [-0.15, -0.1) is 0 Å². The first-order valence-electron chi connectivity index (χ1n) is 10.9. The highest BCUT2D eigenvalue weighted by molar-refractivity contribution is 5.97. The number of rotatable bonds is 8. The van der Waals surface area contributed by atoms with Crippen LogP contribution in [0.3, 0.4) is 0 Å². The highest BCUT2D eigenvalue weighted by Gasteiger charge is 2.23. The van der Waals surface area contributed by atoms with E-state index in [-0.39, 0.29) is 18.2 Å². The summed E-state index contributed by atoms with van der Waals surface area (Å²) in [5.41, 5.74) is 1.63. The third-order valence-corrected chi connectivity index (χ3v) is 5.60. The number of amides is 2. The molecule has 1 atom stereocenters. The Kier molecular flexibility index (Phi) is 7.19. The zero-order chi connectivity index (χ0) is 23.0. The summed E-state index contributed by atoms with van der Waals surface area (Å²) in [6.07, 6.45) is 1.00. The first-order chi connectivity index (χ1) is 16.1. The second-order valence-electron chi connectivity index (χ2n) is 7.96. The summed E-state index contributed by atoms with van der Waals surface area (Å²) in [4.78, 5) is 27.3. The lowest BCUT2D eigenvalue weighted by Crippen LogP contribution is -2.31. The smallest absolute Gasteiger partial charge is 0.262 e. The van der Waals surface area contributed by atoms with Crippen LogP contribution in [0.25, 0.3) is 0 Å². The molecule has 1 heterocycles. The number of halogens is 1. The molecule has 7 heteroatoms. The monoisotopic (exact) mass is 447 g/mol. The number of anilines is 2. The molecule has 0 aliphatic carbocycles. The van der Waals surface area contributed by atoms with Crippen LogP contribution in [0.4, 0.5) is 15.8 Å². The fourth-order valence-electron chi connectivity index (χ4n) is 3.88. The lowest BCUT2D eigenvalue weighted by Gasteiger charge is -2.19. The summed E-state index contributed by atoms with van der Waals surface area (Å²) in [5, 5.41) is 5.46. The van der Waals surface area contributed by atoms with E-state index in [9.17, 15) is 14.0 Å². The molecule has 1 saturated heterocycles. The summed E-state index contributed by atoms with van der Waals surface area (Å²) in [7, 11) is 0. The maximum absolute atomic E-state index is 13.7. The van der Waals surface area contributed by atoms with Crippen molar-refractivity contribution in [1.29, 1.82) is 0 Å². The largest absolute Gasteiger partial charge is 0.483 e. The van der Waals surface area contributed by atoms with Gasteiger partial charge in [-0.2, -0.15) is 0 Å². The molecule has 0 bridgehead atoms. The van der Waals surface area contributed by atoms with Gasteiger partial charge in [0.1, 0.15) is 11.6 Å². The van der Waals surface area contributed by atoms with E-state index in [4.69, 9.17) is 4.74 Å². The molecule has 3 aromatic carbocycles. The second kappa shape index (κ2) is 10.6. The summed E-state index contributed by atoms with van der Waals surface area (Å²) >= 11 is 0. The van der Waals surface area contributed by atoms with Crippen LogP contribution < -0.4 is 20.3 Å². The van der Waals surface area contributed by atoms with Crippen molar-refractivity contribution in [3.8, 4) is 5.75 Å². The molecular formula is C26H26FN3O3. The lowest BCUT2D eigenvalue weighted by atomic mass is 10.1. The van der Waals surface area contributed by atoms with Crippen molar-refractivity contribution in [2.75, 3.05) is 36.5 Å². The average Bonchev–Trinajstić information content (AvgIpc) is 3.33. The van der Waals surface area contributed by atoms with E-state index in [0.29, 0.717) is 23.8 Å². The Bertz CT molecular complexity index is 1110. The molecule has 4 rings (SSSR count). The van der Waals surface area contributed by atoms with Crippen LogP contribution in [0.15, 0.2) is 78.9 Å². The molecule has 33 heavy (non-hydrogen) atoms. The molecule has 1 fully saturated rings. The molecule has 0 saturated carbocycles. The van der Waals surface area contributed by atoms with E-state index in [1.54, 1.807) is 36.4 Å². The Balaban J connectivity index is 1.29. The van der Waals surface area contributed by atoms with Crippen LogP contribution in [0.5, 0.6) is 5.75 Å². The van der Waals surface area contributed by atoms with E-state index in [1.807, 2.05) is 18.2 Å². The summed E-state index contributed by atoms with van der Waals surface area (Å²) < 4.78 is 19.3. The van der Waals surface area contributed by atoms with Gasteiger partial charge in [-0.1, -0.05) is 42.5 Å². The van der Waals surface area contributed by atoms with Crippen molar-refractivity contribution in [3.63, 3.8) is 0 Å². The number of ether oxygens (including phenoxy) is 1. The highest BCUT2D eigenvalue weighted by atomic mass is 19.1. The van der Waals surface area contributed by atoms with Crippen molar-refractivity contribution in [1.82, 2.24) is 5.32 Å². The molecule has 2 N–H and O–H groups in total. The minimum absolute atomic E-state index is 0.0817. The fraction of sp³-hybridized carbons (Fsp3) is 0.231. The summed E-state index contributed by atoms with van der Waals surface area (Å²) in [6, 6.07) is 22.9. The maximum Gasteiger partial charge on any atom is 0.262 e. The van der Waals surface area contributed by atoms with Crippen LogP contribution in [-0.2, 0) is 4.79 Å². The van der Waals surface area contributed by atoms with Gasteiger partial charge < -0.3 is 20.3 Å². The van der Waals surface area contributed by atoms with Gasteiger partial charge in [-0.05, 0) is 48.7 Å². The Labute approximate surface area is 192 Å². The molecule has 0 radical (unpaired) electrons. The quantitative estimate of drug-likeness (QED) is 0.546. The number of nitrogens with zero attached hydrogens (tertiary/aromatic N) is 1. The SMILES string of the molecule is O=C(COc1ccccc1C(=O)NCC1CCN(c2ccccc2)C1)Nc1ccccc1F. The van der Waals surface area contributed by atoms with Crippen LogP contribution >= 0.6 is 0 Å². The van der Waals surface area contributed by atoms with Crippen LogP contribution in [0.1, 0.15) is 16.8 Å². The average molecular weight is 448 g/mol. The zero-order valence-corrected chi connectivity index (χ0v) is 18.2. The number of carbonyl (C=O) groups is 2. The van der Waals surface area contributed by atoms with Crippen LogP contribution in [-0.4, -0.2) is 38.1 Å². The third kappa shape index (κ3) is 5.88. The van der Waals surface area contributed by atoms with E-state index < -0.39 is 11.7 Å². The van der Waals surface area contributed by atoms with Gasteiger partial charge in [-0.3, -0.25) is 9.59 Å². The van der Waals surface area contributed by atoms with E-state index >= 15 is 0 Å². The summed E-state index contributed by atoms with van der Waals surface area (Å²) in [6.45, 7) is 2.07. The van der Waals surface area contributed by atoms with Crippen molar-refractivity contribution < 1.29 is 18.7 Å². The summed E-state index contributed by atoms with van der Waals surface area (Å²) in [5.74, 6) is -0.631. The normalized spacial score (nSPS) is 15.2. The molecule has 6 nitrogen and oxygen atoms in total. The number of benzene rings is 3. The van der Waals surface area contributed by atoms with Gasteiger partial charge in [-0.25, -0.2) is 4.39 Å². The number of hydrogen-bond acceptors (Lipinski definition) is 4. The van der Waals surface area contributed by atoms with E-state index in [0.717, 1.165) is 19.5 Å². The fourth-order valence-corrected chi connectivity index (χ4v) is 3.88. The number of hydrogen-bond donors (Lipinski definition) is 2. The van der Waals surface area contributed by atoms with Gasteiger partial charge in [0.05, 0.1) is 11.3 Å². The number of para-hydroxylation sites is 3. The van der Waals surface area contributed by atoms with Crippen LogP contribution in [0.2, 0.25) is 0 Å². The number of carbonyl (C=O) groups excluding carboxylic acids is 2. The first kappa shape index (κ1) is 22.3. The van der Waals surface area contributed by atoms with Crippen molar-refractivity contribution in [3.05, 3.63) is 90.2 Å². The van der Waals surface area contributed by atoms with E-state index in [2.05, 4.69) is 27.7 Å². The molecule has 1 unspecified atom stereocenters. The molecular weight excluding hydrogens is 421 g/mol.